The van der Waals surface area contributed by atoms with Crippen molar-refractivity contribution < 1.29 is 9.53 Å². The van der Waals surface area contributed by atoms with Crippen molar-refractivity contribution in [3.8, 4) is 16.9 Å². The van der Waals surface area contributed by atoms with Gasteiger partial charge in [-0.05, 0) is 74.2 Å². The molecule has 0 radical (unpaired) electrons. The van der Waals surface area contributed by atoms with Crippen LogP contribution in [0, 0.1) is 0 Å². The molecule has 0 bridgehead atoms. The maximum Gasteiger partial charge on any atom is 0.224 e. The minimum atomic E-state index is 0.0667. The molecule has 0 unspecified atom stereocenters. The highest BCUT2D eigenvalue weighted by Gasteiger charge is 2.09. The lowest BCUT2D eigenvalue weighted by atomic mass is 10.1. The molecule has 0 spiro atoms. The molecule has 4 heteroatoms. The molecule has 4 nitrogen and oxygen atoms in total. The van der Waals surface area contributed by atoms with Gasteiger partial charge in [-0.1, -0.05) is 37.6 Å². The van der Waals surface area contributed by atoms with E-state index in [4.69, 9.17) is 4.74 Å². The molecule has 1 heterocycles. The predicted octanol–water partition coefficient (Wildman–Crippen LogP) is 5.35. The summed E-state index contributed by atoms with van der Waals surface area (Å²) in [5.41, 5.74) is 3.12. The van der Waals surface area contributed by atoms with Crippen molar-refractivity contribution in [2.45, 2.75) is 45.4 Å². The molecule has 2 aromatic rings. The summed E-state index contributed by atoms with van der Waals surface area (Å²) in [6.07, 6.45) is 6.56. The van der Waals surface area contributed by atoms with Gasteiger partial charge < -0.3 is 15.0 Å². The smallest absolute Gasteiger partial charge is 0.224 e. The number of hydrogen-bond donors (Lipinski definition) is 1. The first-order chi connectivity index (χ1) is 13.7. The van der Waals surface area contributed by atoms with E-state index in [1.807, 2.05) is 43.3 Å². The first kappa shape index (κ1) is 20.4. The molecule has 0 aromatic heterocycles. The van der Waals surface area contributed by atoms with Crippen LogP contribution in [-0.2, 0) is 4.79 Å². The fourth-order valence-corrected chi connectivity index (χ4v) is 3.60. The van der Waals surface area contributed by atoms with Crippen molar-refractivity contribution in [2.24, 2.45) is 0 Å². The van der Waals surface area contributed by atoms with Crippen molar-refractivity contribution in [2.75, 3.05) is 31.6 Å². The molecular weight excluding hydrogens is 348 g/mol. The average molecular weight is 381 g/mol. The first-order valence-corrected chi connectivity index (χ1v) is 10.6. The van der Waals surface area contributed by atoms with Crippen LogP contribution in [-0.4, -0.2) is 37.0 Å². The van der Waals surface area contributed by atoms with Crippen molar-refractivity contribution in [1.82, 2.24) is 4.90 Å². The molecule has 1 N–H and O–H groups in total. The normalized spacial score (nSPS) is 14.6. The van der Waals surface area contributed by atoms with Crippen LogP contribution in [0.25, 0.3) is 11.1 Å². The summed E-state index contributed by atoms with van der Waals surface area (Å²) in [6, 6.07) is 16.2. The van der Waals surface area contributed by atoms with E-state index >= 15 is 0 Å². The number of nitrogens with zero attached hydrogens (tertiary/aromatic N) is 1. The summed E-state index contributed by atoms with van der Waals surface area (Å²) in [5.74, 6) is 0.989. The number of hydrogen-bond acceptors (Lipinski definition) is 3. The molecular formula is C24H32N2O2. The minimum absolute atomic E-state index is 0.0667. The molecule has 1 amide bonds. The van der Waals surface area contributed by atoms with Crippen LogP contribution < -0.4 is 10.1 Å². The summed E-state index contributed by atoms with van der Waals surface area (Å²) in [7, 11) is 0. The third-order valence-corrected chi connectivity index (χ3v) is 5.17. The Morgan fingerprint density at radius 1 is 0.964 bits per heavy atom. The average Bonchev–Trinajstić information content (AvgIpc) is 2.73. The maximum atomic E-state index is 11.7. The van der Waals surface area contributed by atoms with Gasteiger partial charge in [0, 0.05) is 18.7 Å². The Kier molecular flexibility index (Phi) is 7.92. The Hall–Kier alpha value is -2.33. The summed E-state index contributed by atoms with van der Waals surface area (Å²) < 4.78 is 5.90. The van der Waals surface area contributed by atoms with Crippen molar-refractivity contribution >= 4 is 11.6 Å². The largest absolute Gasteiger partial charge is 0.494 e. The lowest BCUT2D eigenvalue weighted by molar-refractivity contribution is -0.116. The van der Waals surface area contributed by atoms with Crippen LogP contribution in [0.4, 0.5) is 5.69 Å². The van der Waals surface area contributed by atoms with Gasteiger partial charge in [0.05, 0.1) is 6.61 Å². The van der Waals surface area contributed by atoms with E-state index in [0.717, 1.165) is 48.6 Å². The zero-order valence-electron chi connectivity index (χ0n) is 17.0. The van der Waals surface area contributed by atoms with Gasteiger partial charge >= 0.3 is 0 Å². The second-order valence-corrected chi connectivity index (χ2v) is 7.50. The fraction of sp³-hybridized carbons (Fsp3) is 0.458. The van der Waals surface area contributed by atoms with Gasteiger partial charge in [0.2, 0.25) is 5.91 Å². The predicted molar refractivity (Wildman–Crippen MR) is 116 cm³/mol. The van der Waals surface area contributed by atoms with Gasteiger partial charge in [0.1, 0.15) is 5.75 Å². The Morgan fingerprint density at radius 3 is 2.25 bits per heavy atom. The number of carbonyl (C=O) groups is 1. The maximum absolute atomic E-state index is 11.7. The quantitative estimate of drug-likeness (QED) is 0.597. The highest BCUT2D eigenvalue weighted by Crippen LogP contribution is 2.24. The van der Waals surface area contributed by atoms with Gasteiger partial charge in [-0.2, -0.15) is 0 Å². The van der Waals surface area contributed by atoms with E-state index in [9.17, 15) is 4.79 Å². The Balaban J connectivity index is 1.45. The van der Waals surface area contributed by atoms with Crippen LogP contribution in [0.5, 0.6) is 5.75 Å². The van der Waals surface area contributed by atoms with E-state index < -0.39 is 0 Å². The molecule has 0 atom stereocenters. The van der Waals surface area contributed by atoms with E-state index in [2.05, 4.69) is 22.3 Å². The lowest BCUT2D eigenvalue weighted by Gasteiger charge is -2.26. The van der Waals surface area contributed by atoms with Gasteiger partial charge in [0.25, 0.3) is 0 Å². The number of benzene rings is 2. The number of rotatable bonds is 9. The van der Waals surface area contributed by atoms with Crippen LogP contribution in [0.3, 0.4) is 0 Å². The zero-order valence-corrected chi connectivity index (χ0v) is 17.0. The van der Waals surface area contributed by atoms with Crippen LogP contribution in [0.2, 0.25) is 0 Å². The first-order valence-electron chi connectivity index (χ1n) is 10.6. The molecule has 0 saturated carbocycles. The summed E-state index contributed by atoms with van der Waals surface area (Å²) in [6.45, 7) is 6.40. The standard InChI is InChI=1S/C24H32N2O2/c1-2-7-24(27)25-22-12-8-20(9-13-22)21-10-14-23(15-11-21)28-19-6-18-26-16-4-3-5-17-26/h8-15H,2-7,16-19H2,1H3,(H,25,27). The van der Waals surface area contributed by atoms with Crippen LogP contribution >= 0.6 is 0 Å². The Morgan fingerprint density at radius 2 is 1.61 bits per heavy atom. The topological polar surface area (TPSA) is 41.6 Å². The SMILES string of the molecule is CCCC(=O)Nc1ccc(-c2ccc(OCCCN3CCCCC3)cc2)cc1. The second-order valence-electron chi connectivity index (χ2n) is 7.50. The van der Waals surface area contributed by atoms with Crippen molar-refractivity contribution in [3.63, 3.8) is 0 Å². The summed E-state index contributed by atoms with van der Waals surface area (Å²) >= 11 is 0. The molecule has 1 aliphatic rings. The monoisotopic (exact) mass is 380 g/mol. The second kappa shape index (κ2) is 10.9. The third-order valence-electron chi connectivity index (χ3n) is 5.17. The molecule has 1 saturated heterocycles. The molecule has 3 rings (SSSR count). The van der Waals surface area contributed by atoms with E-state index in [1.165, 1.54) is 32.4 Å². The lowest BCUT2D eigenvalue weighted by Crippen LogP contribution is -2.31. The fourth-order valence-electron chi connectivity index (χ4n) is 3.60. The number of piperidine rings is 1. The highest BCUT2D eigenvalue weighted by atomic mass is 16.5. The highest BCUT2D eigenvalue weighted by molar-refractivity contribution is 5.90. The van der Waals surface area contributed by atoms with Gasteiger partial charge in [-0.3, -0.25) is 4.79 Å². The van der Waals surface area contributed by atoms with E-state index in [0.29, 0.717) is 6.42 Å². The van der Waals surface area contributed by atoms with Crippen molar-refractivity contribution in [1.29, 1.82) is 0 Å². The molecule has 2 aromatic carbocycles. The number of ether oxygens (including phenoxy) is 1. The number of likely N-dealkylation sites (tertiary alicyclic amines) is 1. The van der Waals surface area contributed by atoms with Gasteiger partial charge in [-0.25, -0.2) is 0 Å². The van der Waals surface area contributed by atoms with E-state index in [1.54, 1.807) is 0 Å². The Bertz CT molecular complexity index is 719. The summed E-state index contributed by atoms with van der Waals surface area (Å²) in [4.78, 5) is 14.2. The summed E-state index contributed by atoms with van der Waals surface area (Å²) in [5, 5.41) is 2.92. The number of nitrogens with one attached hydrogen (secondary N) is 1. The zero-order chi connectivity index (χ0) is 19.6. The molecule has 1 aliphatic heterocycles. The molecule has 150 valence electrons. The van der Waals surface area contributed by atoms with Crippen LogP contribution in [0.1, 0.15) is 45.4 Å². The molecule has 0 aliphatic carbocycles. The van der Waals surface area contributed by atoms with E-state index in [-0.39, 0.29) is 5.91 Å². The van der Waals surface area contributed by atoms with Crippen molar-refractivity contribution in [3.05, 3.63) is 48.5 Å². The minimum Gasteiger partial charge on any atom is -0.494 e. The van der Waals surface area contributed by atoms with Gasteiger partial charge in [-0.15, -0.1) is 0 Å². The molecule has 28 heavy (non-hydrogen) atoms. The number of anilines is 1. The number of carbonyl (C=O) groups excluding carboxylic acids is 1. The Labute approximate surface area is 168 Å². The molecule has 1 fully saturated rings. The van der Waals surface area contributed by atoms with Crippen LogP contribution in [0.15, 0.2) is 48.5 Å². The third kappa shape index (κ3) is 6.38. The van der Waals surface area contributed by atoms with Gasteiger partial charge in [0.15, 0.2) is 0 Å². The number of amides is 1.